The fraction of sp³-hybridized carbons (Fsp3) is 0.391. The van der Waals surface area contributed by atoms with Crippen LogP contribution >= 0.6 is 24.0 Å². The smallest absolute Gasteiger partial charge is 0.251 e. The summed E-state index contributed by atoms with van der Waals surface area (Å²) in [6.07, 6.45) is 0.0284. The van der Waals surface area contributed by atoms with E-state index in [1.807, 2.05) is 30.3 Å². The molecule has 1 fully saturated rings. The SMILES string of the molecule is CN=C(NCCNC(=O)c1ccccc1)N1CCOC(c2ccc(C)cc2C)C1.I. The van der Waals surface area contributed by atoms with Gasteiger partial charge in [0.25, 0.3) is 5.91 Å². The van der Waals surface area contributed by atoms with E-state index in [0.29, 0.717) is 25.3 Å². The van der Waals surface area contributed by atoms with Crippen LogP contribution in [0.5, 0.6) is 0 Å². The van der Waals surface area contributed by atoms with Crippen molar-refractivity contribution in [2.75, 3.05) is 39.8 Å². The molecule has 0 aromatic heterocycles. The fourth-order valence-corrected chi connectivity index (χ4v) is 3.59. The van der Waals surface area contributed by atoms with Gasteiger partial charge in [0.1, 0.15) is 6.10 Å². The van der Waals surface area contributed by atoms with Gasteiger partial charge in [0, 0.05) is 32.2 Å². The lowest BCUT2D eigenvalue weighted by molar-refractivity contribution is -0.00829. The Morgan fingerprint density at radius 1 is 1.13 bits per heavy atom. The van der Waals surface area contributed by atoms with Crippen molar-refractivity contribution in [3.05, 3.63) is 70.8 Å². The van der Waals surface area contributed by atoms with Gasteiger partial charge in [0.05, 0.1) is 13.2 Å². The second kappa shape index (κ2) is 11.9. The van der Waals surface area contributed by atoms with Crippen LogP contribution in [0.4, 0.5) is 0 Å². The van der Waals surface area contributed by atoms with E-state index >= 15 is 0 Å². The van der Waals surface area contributed by atoms with E-state index in [1.165, 1.54) is 16.7 Å². The van der Waals surface area contributed by atoms with Gasteiger partial charge >= 0.3 is 0 Å². The Morgan fingerprint density at radius 2 is 1.87 bits per heavy atom. The number of aliphatic imine (C=N–C) groups is 1. The summed E-state index contributed by atoms with van der Waals surface area (Å²) in [7, 11) is 1.78. The maximum atomic E-state index is 12.1. The Bertz CT molecular complexity index is 858. The monoisotopic (exact) mass is 522 g/mol. The molecule has 1 atom stereocenters. The first kappa shape index (κ1) is 24.1. The third kappa shape index (κ3) is 6.43. The van der Waals surface area contributed by atoms with Crippen molar-refractivity contribution in [3.63, 3.8) is 0 Å². The second-order valence-corrected chi connectivity index (χ2v) is 7.26. The molecule has 2 N–H and O–H groups in total. The minimum atomic E-state index is -0.0660. The average Bonchev–Trinajstić information content (AvgIpc) is 2.74. The number of hydrogen-bond acceptors (Lipinski definition) is 3. The second-order valence-electron chi connectivity index (χ2n) is 7.26. The summed E-state index contributed by atoms with van der Waals surface area (Å²) in [5.41, 5.74) is 4.41. The maximum absolute atomic E-state index is 12.1. The standard InChI is InChI=1S/C23H30N4O2.HI/c1-17-9-10-20(18(2)15-17)21-16-27(13-14-29-21)23(24-3)26-12-11-25-22(28)19-7-5-4-6-8-19;/h4-10,15,21H,11-14,16H2,1-3H3,(H,24,26)(H,25,28);1H. The number of nitrogens with zero attached hydrogens (tertiary/aromatic N) is 2. The number of aryl methyl sites for hydroxylation is 2. The lowest BCUT2D eigenvalue weighted by Gasteiger charge is -2.35. The van der Waals surface area contributed by atoms with Gasteiger partial charge < -0.3 is 20.3 Å². The van der Waals surface area contributed by atoms with Crippen molar-refractivity contribution in [1.29, 1.82) is 0 Å². The van der Waals surface area contributed by atoms with Crippen LogP contribution < -0.4 is 10.6 Å². The number of hydrogen-bond donors (Lipinski definition) is 2. The van der Waals surface area contributed by atoms with Crippen LogP contribution in [0, 0.1) is 13.8 Å². The van der Waals surface area contributed by atoms with Crippen molar-refractivity contribution < 1.29 is 9.53 Å². The number of benzene rings is 2. The van der Waals surface area contributed by atoms with Crippen molar-refractivity contribution in [1.82, 2.24) is 15.5 Å². The molecule has 1 aliphatic rings. The highest BCUT2D eigenvalue weighted by Gasteiger charge is 2.25. The van der Waals surface area contributed by atoms with E-state index in [0.717, 1.165) is 19.0 Å². The molecule has 0 spiro atoms. The molecule has 0 saturated carbocycles. The predicted molar refractivity (Wildman–Crippen MR) is 132 cm³/mol. The zero-order valence-corrected chi connectivity index (χ0v) is 20.2. The topological polar surface area (TPSA) is 66.0 Å². The van der Waals surface area contributed by atoms with Crippen molar-refractivity contribution in [2.45, 2.75) is 20.0 Å². The highest BCUT2D eigenvalue weighted by molar-refractivity contribution is 14.0. The third-order valence-electron chi connectivity index (χ3n) is 5.08. The number of guanidine groups is 1. The number of ether oxygens (including phenoxy) is 1. The molecule has 3 rings (SSSR count). The number of carbonyl (C=O) groups is 1. The van der Waals surface area contributed by atoms with Gasteiger partial charge in [-0.15, -0.1) is 24.0 Å². The summed E-state index contributed by atoms with van der Waals surface area (Å²) < 4.78 is 6.03. The number of carbonyl (C=O) groups excluding carboxylic acids is 1. The molecule has 0 radical (unpaired) electrons. The van der Waals surface area contributed by atoms with Crippen molar-refractivity contribution >= 4 is 35.8 Å². The highest BCUT2D eigenvalue weighted by atomic mass is 127. The molecule has 1 saturated heterocycles. The van der Waals surface area contributed by atoms with Crippen LogP contribution in [0.25, 0.3) is 0 Å². The number of halogens is 1. The number of nitrogens with one attached hydrogen (secondary N) is 2. The first-order chi connectivity index (χ1) is 14.1. The summed E-state index contributed by atoms with van der Waals surface area (Å²) >= 11 is 0. The summed E-state index contributed by atoms with van der Waals surface area (Å²) in [6.45, 7) is 7.57. The van der Waals surface area contributed by atoms with Gasteiger partial charge in [0.15, 0.2) is 5.96 Å². The Labute approximate surface area is 196 Å². The molecule has 0 aliphatic carbocycles. The summed E-state index contributed by atoms with van der Waals surface area (Å²) in [4.78, 5) is 18.7. The maximum Gasteiger partial charge on any atom is 0.251 e. The number of morpholine rings is 1. The Hall–Kier alpha value is -2.13. The van der Waals surface area contributed by atoms with Crippen molar-refractivity contribution in [3.8, 4) is 0 Å². The fourth-order valence-electron chi connectivity index (χ4n) is 3.59. The van der Waals surface area contributed by atoms with Gasteiger partial charge in [0.2, 0.25) is 0 Å². The zero-order chi connectivity index (χ0) is 20.6. The summed E-state index contributed by atoms with van der Waals surface area (Å²) in [5.74, 6) is 0.765. The van der Waals surface area contributed by atoms with Crippen LogP contribution in [0.15, 0.2) is 53.5 Å². The third-order valence-corrected chi connectivity index (χ3v) is 5.08. The van der Waals surface area contributed by atoms with Crippen molar-refractivity contribution in [2.24, 2.45) is 4.99 Å². The molecule has 1 heterocycles. The molecule has 162 valence electrons. The van der Waals surface area contributed by atoms with E-state index in [-0.39, 0.29) is 36.0 Å². The van der Waals surface area contributed by atoms with Crippen LogP contribution in [-0.4, -0.2) is 56.6 Å². The predicted octanol–water partition coefficient (Wildman–Crippen LogP) is 3.30. The van der Waals surface area contributed by atoms with Crippen LogP contribution in [0.1, 0.15) is 33.2 Å². The summed E-state index contributed by atoms with van der Waals surface area (Å²) in [5, 5.41) is 6.28. The summed E-state index contributed by atoms with van der Waals surface area (Å²) in [6, 6.07) is 15.7. The van der Waals surface area contributed by atoms with Gasteiger partial charge in [-0.05, 0) is 37.1 Å². The quantitative estimate of drug-likeness (QED) is 0.274. The largest absolute Gasteiger partial charge is 0.370 e. The normalized spacial score (nSPS) is 16.6. The molecule has 1 amide bonds. The molecule has 0 bridgehead atoms. The first-order valence-corrected chi connectivity index (χ1v) is 10.1. The zero-order valence-electron chi connectivity index (χ0n) is 17.9. The molecule has 6 nitrogen and oxygen atoms in total. The molecule has 7 heteroatoms. The Kier molecular flexibility index (Phi) is 9.58. The molecule has 1 unspecified atom stereocenters. The van der Waals surface area contributed by atoms with Gasteiger partial charge in [-0.3, -0.25) is 9.79 Å². The van der Waals surface area contributed by atoms with Gasteiger partial charge in [-0.1, -0.05) is 42.0 Å². The van der Waals surface area contributed by atoms with E-state index in [2.05, 4.69) is 52.6 Å². The van der Waals surface area contributed by atoms with E-state index in [4.69, 9.17) is 4.74 Å². The minimum Gasteiger partial charge on any atom is -0.370 e. The van der Waals surface area contributed by atoms with E-state index in [1.54, 1.807) is 7.05 Å². The van der Waals surface area contributed by atoms with Crippen LogP contribution in [0.2, 0.25) is 0 Å². The molecular formula is C23H31IN4O2. The first-order valence-electron chi connectivity index (χ1n) is 10.1. The van der Waals surface area contributed by atoms with E-state index < -0.39 is 0 Å². The molecular weight excluding hydrogens is 491 g/mol. The Morgan fingerprint density at radius 3 is 2.57 bits per heavy atom. The highest BCUT2D eigenvalue weighted by Crippen LogP contribution is 2.25. The molecule has 30 heavy (non-hydrogen) atoms. The van der Waals surface area contributed by atoms with Gasteiger partial charge in [-0.25, -0.2) is 0 Å². The average molecular weight is 522 g/mol. The van der Waals surface area contributed by atoms with Crippen LogP contribution in [0.3, 0.4) is 0 Å². The molecule has 2 aromatic rings. The number of rotatable bonds is 5. The molecule has 2 aromatic carbocycles. The van der Waals surface area contributed by atoms with Crippen LogP contribution in [-0.2, 0) is 4.74 Å². The minimum absolute atomic E-state index is 0. The lowest BCUT2D eigenvalue weighted by Crippen LogP contribution is -2.49. The lowest BCUT2D eigenvalue weighted by atomic mass is 10.00. The van der Waals surface area contributed by atoms with Gasteiger partial charge in [-0.2, -0.15) is 0 Å². The molecule has 1 aliphatic heterocycles. The Balaban J connectivity index is 0.00000320. The van der Waals surface area contributed by atoms with E-state index in [9.17, 15) is 4.79 Å². The number of amides is 1.